The van der Waals surface area contributed by atoms with Gasteiger partial charge in [-0.3, -0.25) is 4.79 Å². The van der Waals surface area contributed by atoms with E-state index in [2.05, 4.69) is 0 Å². The molecule has 0 aliphatic carbocycles. The van der Waals surface area contributed by atoms with Crippen LogP contribution < -0.4 is 0 Å². The zero-order chi connectivity index (χ0) is 16.5. The topological polar surface area (TPSA) is 29.5 Å². The smallest absolute Gasteiger partial charge is 0.354 e. The van der Waals surface area contributed by atoms with Crippen molar-refractivity contribution in [2.45, 2.75) is 31.8 Å². The number of benzene rings is 1. The molecule has 1 aromatic carbocycles. The Morgan fingerprint density at radius 3 is 2.45 bits per heavy atom. The van der Waals surface area contributed by atoms with Crippen LogP contribution in [0.1, 0.15) is 25.0 Å². The van der Waals surface area contributed by atoms with Crippen molar-refractivity contribution < 1.29 is 22.7 Å². The predicted octanol–water partition coefficient (Wildman–Crippen LogP) is 3.44. The molecule has 1 atom stereocenters. The van der Waals surface area contributed by atoms with Gasteiger partial charge in [-0.25, -0.2) is 0 Å². The number of alkyl halides is 3. The maximum Gasteiger partial charge on any atom is 0.416 e. The Labute approximate surface area is 128 Å². The minimum atomic E-state index is -4.35. The molecule has 7 heteroatoms. The van der Waals surface area contributed by atoms with Crippen molar-refractivity contribution in [3.8, 4) is 0 Å². The molecule has 1 saturated heterocycles. The van der Waals surface area contributed by atoms with Gasteiger partial charge < -0.3 is 9.64 Å². The fraction of sp³-hybridized carbons (Fsp3) is 0.400. The summed E-state index contributed by atoms with van der Waals surface area (Å²) in [7, 11) is 5.35. The zero-order valence-electron chi connectivity index (χ0n) is 12.2. The second kappa shape index (κ2) is 5.80. The fourth-order valence-corrected chi connectivity index (χ4v) is 2.41. The largest absolute Gasteiger partial charge is 0.416 e. The van der Waals surface area contributed by atoms with Crippen molar-refractivity contribution in [3.63, 3.8) is 0 Å². The third-order valence-corrected chi connectivity index (χ3v) is 3.51. The van der Waals surface area contributed by atoms with Gasteiger partial charge in [0.25, 0.3) is 0 Å². The van der Waals surface area contributed by atoms with Crippen LogP contribution in [0, 0.1) is 0 Å². The van der Waals surface area contributed by atoms with Crippen LogP contribution in [0.25, 0.3) is 6.08 Å². The third kappa shape index (κ3) is 3.52. The van der Waals surface area contributed by atoms with Crippen LogP contribution in [-0.2, 0) is 10.9 Å². The zero-order valence-corrected chi connectivity index (χ0v) is 12.2. The Morgan fingerprint density at radius 2 is 1.95 bits per heavy atom. The van der Waals surface area contributed by atoms with Crippen LogP contribution in [0.15, 0.2) is 30.3 Å². The maximum atomic E-state index is 12.5. The molecular formula is C15H15BF3NO2. The number of hydrogen-bond donors (Lipinski definition) is 0. The van der Waals surface area contributed by atoms with E-state index in [0.717, 1.165) is 12.1 Å². The lowest BCUT2D eigenvalue weighted by molar-refractivity contribution is -0.137. The fourth-order valence-electron chi connectivity index (χ4n) is 2.41. The Kier molecular flexibility index (Phi) is 4.38. The van der Waals surface area contributed by atoms with Gasteiger partial charge in [-0.15, -0.1) is 0 Å². The summed E-state index contributed by atoms with van der Waals surface area (Å²) in [5.41, 5.74) is -0.906. The van der Waals surface area contributed by atoms with E-state index >= 15 is 0 Å². The molecule has 0 saturated carbocycles. The van der Waals surface area contributed by atoms with Gasteiger partial charge >= 0.3 is 6.18 Å². The molecule has 2 rings (SSSR count). The predicted molar refractivity (Wildman–Crippen MR) is 77.3 cm³/mol. The summed E-state index contributed by atoms with van der Waals surface area (Å²) in [5.74, 6) is -0.607. The lowest BCUT2D eigenvalue weighted by atomic mass is 10.0. The number of halogens is 3. The van der Waals surface area contributed by atoms with Crippen LogP contribution in [0.3, 0.4) is 0 Å². The highest BCUT2D eigenvalue weighted by Gasteiger charge is 2.40. The standard InChI is InChI=1S/C15H15BF3NO2/c1-14(2)20(13(16)21)12(9-22-14)8-5-10-3-6-11(7-4-10)15(17,18)19/h3-8,12H,9H2,1-2H3/b8-5+/t12-/m1/s1. The molecule has 2 radical (unpaired) electrons. The third-order valence-electron chi connectivity index (χ3n) is 3.51. The minimum Gasteiger partial charge on any atom is -0.354 e. The van der Waals surface area contributed by atoms with Crippen molar-refractivity contribution in [3.05, 3.63) is 41.5 Å². The summed E-state index contributed by atoms with van der Waals surface area (Å²) in [6, 6.07) is 4.42. The summed E-state index contributed by atoms with van der Waals surface area (Å²) >= 11 is 0. The number of amides is 1. The lowest BCUT2D eigenvalue weighted by Crippen LogP contribution is -2.46. The van der Waals surface area contributed by atoms with Crippen molar-refractivity contribution in [2.75, 3.05) is 6.61 Å². The van der Waals surface area contributed by atoms with Crippen LogP contribution in [0.5, 0.6) is 0 Å². The quantitative estimate of drug-likeness (QED) is 0.783. The second-order valence-electron chi connectivity index (χ2n) is 5.51. The average molecular weight is 309 g/mol. The van der Waals surface area contributed by atoms with Gasteiger partial charge in [-0.2, -0.15) is 13.2 Å². The van der Waals surface area contributed by atoms with Gasteiger partial charge in [-0.1, -0.05) is 24.3 Å². The van der Waals surface area contributed by atoms with E-state index in [1.807, 2.05) is 0 Å². The number of carbonyl (C=O) groups excluding carboxylic acids is 1. The summed E-state index contributed by atoms with van der Waals surface area (Å²) < 4.78 is 43.0. The summed E-state index contributed by atoms with van der Waals surface area (Å²) in [5, 5.41) is 0. The first-order valence-corrected chi connectivity index (χ1v) is 6.69. The number of carbonyl (C=O) groups is 1. The van der Waals surface area contributed by atoms with Gasteiger partial charge in [0.1, 0.15) is 5.72 Å². The van der Waals surface area contributed by atoms with Gasteiger partial charge in [0.05, 0.1) is 18.2 Å². The van der Waals surface area contributed by atoms with E-state index in [1.165, 1.54) is 17.0 Å². The molecule has 1 amide bonds. The molecule has 0 N–H and O–H groups in total. The molecule has 1 aromatic rings. The van der Waals surface area contributed by atoms with E-state index in [1.54, 1.807) is 26.0 Å². The van der Waals surface area contributed by atoms with Crippen molar-refractivity contribution in [2.24, 2.45) is 0 Å². The van der Waals surface area contributed by atoms with Gasteiger partial charge in [0.2, 0.25) is 7.85 Å². The Morgan fingerprint density at radius 1 is 1.36 bits per heavy atom. The van der Waals surface area contributed by atoms with Crippen molar-refractivity contribution in [1.29, 1.82) is 0 Å². The number of ether oxygens (including phenoxy) is 1. The molecule has 0 bridgehead atoms. The maximum absolute atomic E-state index is 12.5. The Hall–Kier alpha value is -1.76. The van der Waals surface area contributed by atoms with Crippen LogP contribution in [0.4, 0.5) is 18.0 Å². The van der Waals surface area contributed by atoms with E-state index < -0.39 is 23.3 Å². The SMILES string of the molecule is [B]C(=O)N1[C@H](/C=C/c2ccc(C(F)(F)F)cc2)COC1(C)C. The Bertz CT molecular complexity index is 581. The Balaban J connectivity index is 2.13. The van der Waals surface area contributed by atoms with Gasteiger partial charge in [0, 0.05) is 0 Å². The molecule has 1 heterocycles. The van der Waals surface area contributed by atoms with E-state index in [-0.39, 0.29) is 12.6 Å². The first kappa shape index (κ1) is 16.6. The molecular weight excluding hydrogens is 294 g/mol. The van der Waals surface area contributed by atoms with Gasteiger partial charge in [-0.05, 0) is 31.5 Å². The van der Waals surface area contributed by atoms with Crippen LogP contribution in [-0.4, -0.2) is 36.9 Å². The first-order valence-electron chi connectivity index (χ1n) is 6.69. The van der Waals surface area contributed by atoms with Crippen molar-refractivity contribution in [1.82, 2.24) is 4.90 Å². The molecule has 0 unspecified atom stereocenters. The van der Waals surface area contributed by atoms with E-state index in [4.69, 9.17) is 12.6 Å². The normalized spacial score (nSPS) is 21.5. The second-order valence-corrected chi connectivity index (χ2v) is 5.51. The first-order chi connectivity index (χ1) is 10.1. The average Bonchev–Trinajstić information content (AvgIpc) is 2.71. The molecule has 1 fully saturated rings. The van der Waals surface area contributed by atoms with Crippen LogP contribution in [0.2, 0.25) is 0 Å². The molecule has 116 valence electrons. The van der Waals surface area contributed by atoms with Gasteiger partial charge in [0.15, 0.2) is 5.81 Å². The lowest BCUT2D eigenvalue weighted by Gasteiger charge is -2.32. The highest BCUT2D eigenvalue weighted by molar-refractivity contribution is 6.57. The molecule has 0 spiro atoms. The highest BCUT2D eigenvalue weighted by Crippen LogP contribution is 2.30. The molecule has 1 aliphatic rings. The minimum absolute atomic E-state index is 0.285. The molecule has 3 nitrogen and oxygen atoms in total. The summed E-state index contributed by atoms with van der Waals surface area (Å²) in [6.07, 6.45) is -1.01. The highest BCUT2D eigenvalue weighted by atomic mass is 19.4. The number of nitrogens with zero attached hydrogens (tertiary/aromatic N) is 1. The molecule has 0 aromatic heterocycles. The van der Waals surface area contributed by atoms with Crippen molar-refractivity contribution >= 4 is 19.7 Å². The van der Waals surface area contributed by atoms with E-state index in [0.29, 0.717) is 5.56 Å². The number of rotatable bonds is 2. The molecule has 22 heavy (non-hydrogen) atoms. The van der Waals surface area contributed by atoms with E-state index in [9.17, 15) is 18.0 Å². The monoisotopic (exact) mass is 309 g/mol. The summed E-state index contributed by atoms with van der Waals surface area (Å²) in [4.78, 5) is 12.9. The summed E-state index contributed by atoms with van der Waals surface area (Å²) in [6.45, 7) is 3.74. The number of hydrogen-bond acceptors (Lipinski definition) is 2. The molecule has 1 aliphatic heterocycles. The van der Waals surface area contributed by atoms with Crippen LogP contribution >= 0.6 is 0 Å².